The minimum absolute atomic E-state index is 0.0614. The van der Waals surface area contributed by atoms with Gasteiger partial charge in [0.25, 0.3) is 5.91 Å². The number of methoxy groups -OCH3 is 1. The molecular formula is C21H25NO3. The third kappa shape index (κ3) is 4.60. The predicted octanol–water partition coefficient (Wildman–Crippen LogP) is 3.83. The van der Waals surface area contributed by atoms with Crippen LogP contribution in [0.15, 0.2) is 48.5 Å². The zero-order valence-electron chi connectivity index (χ0n) is 14.9. The van der Waals surface area contributed by atoms with Crippen LogP contribution < -0.4 is 4.74 Å². The molecule has 4 heteroatoms. The predicted molar refractivity (Wildman–Crippen MR) is 97.9 cm³/mol. The summed E-state index contributed by atoms with van der Waals surface area (Å²) in [6, 6.07) is 15.7. The van der Waals surface area contributed by atoms with Crippen molar-refractivity contribution in [1.82, 2.24) is 4.90 Å². The Balaban J connectivity index is 1.56. The fourth-order valence-corrected chi connectivity index (χ4v) is 3.07. The number of likely N-dealkylation sites (tertiary alicyclic amines) is 1. The maximum absolute atomic E-state index is 12.7. The minimum atomic E-state index is 0.0614. The number of hydrogen-bond acceptors (Lipinski definition) is 3. The molecule has 3 rings (SSSR count). The molecular weight excluding hydrogens is 314 g/mol. The van der Waals surface area contributed by atoms with Gasteiger partial charge in [-0.25, -0.2) is 0 Å². The fraction of sp³-hybridized carbons (Fsp3) is 0.381. The normalized spacial score (nSPS) is 17.4. The van der Waals surface area contributed by atoms with Crippen molar-refractivity contribution in [2.24, 2.45) is 0 Å². The molecule has 0 radical (unpaired) electrons. The molecule has 0 unspecified atom stereocenters. The van der Waals surface area contributed by atoms with E-state index in [1.807, 2.05) is 29.2 Å². The van der Waals surface area contributed by atoms with Gasteiger partial charge >= 0.3 is 0 Å². The summed E-state index contributed by atoms with van der Waals surface area (Å²) in [6.45, 7) is 4.11. The van der Waals surface area contributed by atoms with Gasteiger partial charge in [-0.1, -0.05) is 29.8 Å². The highest BCUT2D eigenvalue weighted by atomic mass is 16.5. The molecule has 1 saturated heterocycles. The van der Waals surface area contributed by atoms with Gasteiger partial charge in [0.15, 0.2) is 0 Å². The minimum Gasteiger partial charge on any atom is -0.497 e. The molecule has 0 N–H and O–H groups in total. The van der Waals surface area contributed by atoms with Gasteiger partial charge in [0, 0.05) is 18.7 Å². The average Bonchev–Trinajstić information content (AvgIpc) is 2.67. The van der Waals surface area contributed by atoms with Crippen LogP contribution in [0, 0.1) is 6.92 Å². The molecule has 2 aromatic carbocycles. The van der Waals surface area contributed by atoms with Crippen LogP contribution >= 0.6 is 0 Å². The van der Waals surface area contributed by atoms with Gasteiger partial charge in [-0.15, -0.1) is 0 Å². The summed E-state index contributed by atoms with van der Waals surface area (Å²) in [6.07, 6.45) is 2.07. The van der Waals surface area contributed by atoms with Gasteiger partial charge in [-0.05, 0) is 49.6 Å². The first-order chi connectivity index (χ1) is 12.2. The number of ether oxygens (including phenoxy) is 2. The number of aryl methyl sites for hydroxylation is 1. The Hall–Kier alpha value is -2.33. The Morgan fingerprint density at radius 2 is 1.84 bits per heavy atom. The maximum Gasteiger partial charge on any atom is 0.253 e. The van der Waals surface area contributed by atoms with Crippen LogP contribution in [0.5, 0.6) is 5.75 Å². The molecule has 2 aromatic rings. The van der Waals surface area contributed by atoms with E-state index < -0.39 is 0 Å². The summed E-state index contributed by atoms with van der Waals surface area (Å²) in [5.74, 6) is 0.820. The monoisotopic (exact) mass is 339 g/mol. The lowest BCUT2D eigenvalue weighted by Crippen LogP contribution is -2.43. The van der Waals surface area contributed by atoms with E-state index in [0.717, 1.165) is 25.1 Å². The Labute approximate surface area is 149 Å². The Morgan fingerprint density at radius 3 is 2.52 bits per heavy atom. The summed E-state index contributed by atoms with van der Waals surface area (Å²) >= 11 is 0. The van der Waals surface area contributed by atoms with Gasteiger partial charge in [-0.2, -0.15) is 0 Å². The third-order valence-electron chi connectivity index (χ3n) is 4.61. The van der Waals surface area contributed by atoms with Crippen molar-refractivity contribution in [3.05, 3.63) is 65.2 Å². The SMILES string of the molecule is COc1ccc(C(=O)N2CCC[C@@H](OCc3ccc(C)cc3)C2)cc1. The van der Waals surface area contributed by atoms with Crippen molar-refractivity contribution in [3.63, 3.8) is 0 Å². The molecule has 1 heterocycles. The Morgan fingerprint density at radius 1 is 1.12 bits per heavy atom. The van der Waals surface area contributed by atoms with Gasteiger partial charge in [0.05, 0.1) is 19.8 Å². The molecule has 0 bridgehead atoms. The number of hydrogen-bond donors (Lipinski definition) is 0. The van der Waals surface area contributed by atoms with Crippen molar-refractivity contribution in [3.8, 4) is 5.75 Å². The van der Waals surface area contributed by atoms with E-state index in [0.29, 0.717) is 18.7 Å². The Bertz CT molecular complexity index is 694. The summed E-state index contributed by atoms with van der Waals surface area (Å²) in [7, 11) is 1.62. The van der Waals surface area contributed by atoms with E-state index in [2.05, 4.69) is 31.2 Å². The standard InChI is InChI=1S/C21H25NO3/c1-16-5-7-17(8-6-16)15-25-20-4-3-13-22(14-20)21(23)18-9-11-19(24-2)12-10-18/h5-12,20H,3-4,13-15H2,1-2H3/t20-/m1/s1. The van der Waals surface area contributed by atoms with E-state index in [9.17, 15) is 4.79 Å². The lowest BCUT2D eigenvalue weighted by Gasteiger charge is -2.32. The third-order valence-corrected chi connectivity index (χ3v) is 4.61. The zero-order chi connectivity index (χ0) is 17.6. The first-order valence-corrected chi connectivity index (χ1v) is 8.76. The molecule has 1 atom stereocenters. The molecule has 1 aliphatic rings. The second kappa shape index (κ2) is 8.17. The molecule has 0 aliphatic carbocycles. The molecule has 0 spiro atoms. The second-order valence-electron chi connectivity index (χ2n) is 6.54. The number of rotatable bonds is 5. The first kappa shape index (κ1) is 17.5. The molecule has 0 aromatic heterocycles. The van der Waals surface area contributed by atoms with Crippen molar-refractivity contribution < 1.29 is 14.3 Å². The van der Waals surface area contributed by atoms with Gasteiger partial charge in [0.2, 0.25) is 0 Å². The average molecular weight is 339 g/mol. The lowest BCUT2D eigenvalue weighted by molar-refractivity contribution is -0.00673. The van der Waals surface area contributed by atoms with Crippen LogP contribution in [0.25, 0.3) is 0 Å². The second-order valence-corrected chi connectivity index (χ2v) is 6.54. The Kier molecular flexibility index (Phi) is 5.71. The number of carbonyl (C=O) groups excluding carboxylic acids is 1. The molecule has 1 aliphatic heterocycles. The van der Waals surface area contributed by atoms with E-state index in [1.165, 1.54) is 11.1 Å². The smallest absolute Gasteiger partial charge is 0.253 e. The molecule has 1 fully saturated rings. The van der Waals surface area contributed by atoms with Gasteiger partial charge in [0.1, 0.15) is 5.75 Å². The first-order valence-electron chi connectivity index (χ1n) is 8.76. The number of nitrogens with zero attached hydrogens (tertiary/aromatic N) is 1. The van der Waals surface area contributed by atoms with Crippen LogP contribution in [-0.4, -0.2) is 37.1 Å². The van der Waals surface area contributed by atoms with Crippen LogP contribution in [0.3, 0.4) is 0 Å². The van der Waals surface area contributed by atoms with E-state index in [4.69, 9.17) is 9.47 Å². The quantitative estimate of drug-likeness (QED) is 0.831. The number of amides is 1. The molecule has 4 nitrogen and oxygen atoms in total. The fourth-order valence-electron chi connectivity index (χ4n) is 3.07. The molecule has 0 saturated carbocycles. The van der Waals surface area contributed by atoms with Crippen LogP contribution in [0.2, 0.25) is 0 Å². The van der Waals surface area contributed by atoms with E-state index in [1.54, 1.807) is 7.11 Å². The number of benzene rings is 2. The number of carbonyl (C=O) groups is 1. The molecule has 25 heavy (non-hydrogen) atoms. The van der Waals surface area contributed by atoms with Crippen molar-refractivity contribution in [2.45, 2.75) is 32.5 Å². The zero-order valence-corrected chi connectivity index (χ0v) is 14.9. The topological polar surface area (TPSA) is 38.8 Å². The van der Waals surface area contributed by atoms with Crippen molar-refractivity contribution in [2.75, 3.05) is 20.2 Å². The summed E-state index contributed by atoms with van der Waals surface area (Å²) < 4.78 is 11.2. The van der Waals surface area contributed by atoms with Crippen molar-refractivity contribution in [1.29, 1.82) is 0 Å². The lowest BCUT2D eigenvalue weighted by atomic mass is 10.1. The number of piperidine rings is 1. The molecule has 132 valence electrons. The highest BCUT2D eigenvalue weighted by molar-refractivity contribution is 5.94. The molecule has 1 amide bonds. The van der Waals surface area contributed by atoms with Crippen molar-refractivity contribution >= 4 is 5.91 Å². The highest BCUT2D eigenvalue weighted by Crippen LogP contribution is 2.19. The van der Waals surface area contributed by atoms with Crippen LogP contribution in [-0.2, 0) is 11.3 Å². The van der Waals surface area contributed by atoms with Gasteiger partial charge < -0.3 is 14.4 Å². The largest absolute Gasteiger partial charge is 0.497 e. The summed E-state index contributed by atoms with van der Waals surface area (Å²) in [5, 5.41) is 0. The summed E-state index contributed by atoms with van der Waals surface area (Å²) in [4.78, 5) is 14.6. The summed E-state index contributed by atoms with van der Waals surface area (Å²) in [5.41, 5.74) is 3.11. The van der Waals surface area contributed by atoms with E-state index in [-0.39, 0.29) is 12.0 Å². The maximum atomic E-state index is 12.7. The van der Waals surface area contributed by atoms with Crippen LogP contribution in [0.4, 0.5) is 0 Å². The van der Waals surface area contributed by atoms with Crippen LogP contribution in [0.1, 0.15) is 34.3 Å². The highest BCUT2D eigenvalue weighted by Gasteiger charge is 2.25. The van der Waals surface area contributed by atoms with Gasteiger partial charge in [-0.3, -0.25) is 4.79 Å². The van der Waals surface area contributed by atoms with E-state index >= 15 is 0 Å².